The Morgan fingerprint density at radius 1 is 0.364 bits per heavy atom. The summed E-state index contributed by atoms with van der Waals surface area (Å²) in [7, 11) is 0. The van der Waals surface area contributed by atoms with Crippen molar-refractivity contribution in [3.8, 4) is 0 Å². The Bertz CT molecular complexity index is 1610. The van der Waals surface area contributed by atoms with Crippen LogP contribution in [0.15, 0.2) is 109 Å². The fraction of sp³-hybridized carbons (Fsp3) is 0.286. The van der Waals surface area contributed by atoms with Crippen LogP contribution in [0.2, 0.25) is 0 Å². The van der Waals surface area contributed by atoms with Crippen molar-refractivity contribution in [2.24, 2.45) is 0 Å². The quantitative estimate of drug-likeness (QED) is 0.128. The van der Waals surface area contributed by atoms with Gasteiger partial charge in [0.2, 0.25) is 0 Å². The second-order valence-corrected chi connectivity index (χ2v) is 12.4. The highest BCUT2D eigenvalue weighted by Gasteiger charge is 2.10. The molecule has 0 aliphatic rings. The molecule has 0 aromatic heterocycles. The van der Waals surface area contributed by atoms with Crippen molar-refractivity contribution >= 4 is 11.4 Å². The summed E-state index contributed by atoms with van der Waals surface area (Å²) in [6.07, 6.45) is 11.0. The summed E-state index contributed by atoms with van der Waals surface area (Å²) in [6, 6.07) is 40.1. The first-order chi connectivity index (χ1) is 21.5. The van der Waals surface area contributed by atoms with Crippen molar-refractivity contribution in [1.82, 2.24) is 0 Å². The van der Waals surface area contributed by atoms with Crippen molar-refractivity contribution in [2.75, 3.05) is 11.5 Å². The lowest BCUT2D eigenvalue weighted by molar-refractivity contribution is 0.786. The molecule has 0 radical (unpaired) electrons. The molecule has 5 rings (SSSR count). The van der Waals surface area contributed by atoms with E-state index in [0.717, 1.165) is 49.9 Å². The summed E-state index contributed by atoms with van der Waals surface area (Å²) in [5, 5.41) is 0. The molecule has 0 unspecified atom stereocenters. The van der Waals surface area contributed by atoms with Crippen molar-refractivity contribution in [1.29, 1.82) is 0 Å². The molecule has 0 spiro atoms. The Morgan fingerprint density at radius 3 is 1.07 bits per heavy atom. The van der Waals surface area contributed by atoms with Crippen LogP contribution in [0.3, 0.4) is 0 Å². The minimum Gasteiger partial charge on any atom is -0.399 e. The van der Waals surface area contributed by atoms with Crippen LogP contribution >= 0.6 is 0 Å². The monoisotopic (exact) mass is 580 g/mol. The van der Waals surface area contributed by atoms with Gasteiger partial charge < -0.3 is 11.5 Å². The van der Waals surface area contributed by atoms with Gasteiger partial charge in [0.25, 0.3) is 0 Å². The maximum absolute atomic E-state index is 5.92. The molecular weight excluding hydrogens is 532 g/mol. The van der Waals surface area contributed by atoms with Crippen LogP contribution in [0.25, 0.3) is 0 Å². The predicted octanol–water partition coefficient (Wildman–Crippen LogP) is 9.90. The van der Waals surface area contributed by atoms with Crippen molar-refractivity contribution in [3.63, 3.8) is 0 Å². The number of unbranched alkanes of at least 4 members (excludes halogenated alkanes) is 2. The van der Waals surface area contributed by atoms with E-state index in [9.17, 15) is 0 Å². The van der Waals surface area contributed by atoms with E-state index in [-0.39, 0.29) is 0 Å². The smallest absolute Gasteiger partial charge is 0.0314 e. The predicted molar refractivity (Wildman–Crippen MR) is 189 cm³/mol. The molecule has 0 aliphatic carbocycles. The molecular formula is C42H48N2. The van der Waals surface area contributed by atoms with Gasteiger partial charge >= 0.3 is 0 Å². The normalized spacial score (nSPS) is 11.1. The van der Waals surface area contributed by atoms with Crippen LogP contribution in [-0.2, 0) is 38.5 Å². The van der Waals surface area contributed by atoms with Gasteiger partial charge in [-0.3, -0.25) is 0 Å². The summed E-state index contributed by atoms with van der Waals surface area (Å²) >= 11 is 0. The van der Waals surface area contributed by atoms with Gasteiger partial charge in [0, 0.05) is 11.4 Å². The van der Waals surface area contributed by atoms with Crippen LogP contribution in [0, 0.1) is 0 Å². The SMILES string of the molecule is CCCCc1cc(Cc2ccc(Cc3ccc(Cc4ccc(N)cc4)cc3)c(CCCC)c2)ccc1Cc1ccc(N)cc1. The van der Waals surface area contributed by atoms with Gasteiger partial charge in [-0.15, -0.1) is 0 Å². The topological polar surface area (TPSA) is 52.0 Å². The molecule has 0 saturated carbocycles. The van der Waals surface area contributed by atoms with Crippen molar-refractivity contribution < 1.29 is 0 Å². The van der Waals surface area contributed by atoms with Crippen LogP contribution in [-0.4, -0.2) is 0 Å². The zero-order valence-corrected chi connectivity index (χ0v) is 26.6. The average molecular weight is 581 g/mol. The van der Waals surface area contributed by atoms with Gasteiger partial charge in [-0.05, 0) is 131 Å². The molecule has 0 amide bonds. The van der Waals surface area contributed by atoms with Gasteiger partial charge in [0.1, 0.15) is 0 Å². The lowest BCUT2D eigenvalue weighted by Gasteiger charge is -2.15. The van der Waals surface area contributed by atoms with E-state index < -0.39 is 0 Å². The zero-order chi connectivity index (χ0) is 30.7. The number of anilines is 2. The number of hydrogen-bond acceptors (Lipinski definition) is 2. The highest BCUT2D eigenvalue weighted by atomic mass is 14.5. The van der Waals surface area contributed by atoms with E-state index in [0.29, 0.717) is 0 Å². The largest absolute Gasteiger partial charge is 0.399 e. The van der Waals surface area contributed by atoms with Gasteiger partial charge in [-0.2, -0.15) is 0 Å². The molecule has 0 fully saturated rings. The van der Waals surface area contributed by atoms with E-state index >= 15 is 0 Å². The standard InChI is InChI=1S/C42H48N2/c1-3-5-7-37-29-35(13-19-39(37)27-33-11-9-31(10-12-33)25-32-15-21-41(43)22-16-32)26-36-14-20-40(38(30-36)8-6-4-2)28-34-17-23-42(44)24-18-34/h9-24,29-30H,3-8,25-28,43-44H2,1-2H3. The van der Waals surface area contributed by atoms with Crippen molar-refractivity contribution in [2.45, 2.75) is 78.1 Å². The molecule has 0 saturated heterocycles. The molecule has 5 aromatic rings. The van der Waals surface area contributed by atoms with Crippen LogP contribution in [0.1, 0.15) is 95.2 Å². The Hall–Kier alpha value is -4.30. The fourth-order valence-corrected chi connectivity index (χ4v) is 6.08. The number of nitrogen functional groups attached to an aromatic ring is 2. The maximum atomic E-state index is 5.92. The van der Waals surface area contributed by atoms with Gasteiger partial charge in [-0.25, -0.2) is 0 Å². The summed E-state index contributed by atoms with van der Waals surface area (Å²) in [6.45, 7) is 4.56. The van der Waals surface area contributed by atoms with Crippen LogP contribution < -0.4 is 11.5 Å². The van der Waals surface area contributed by atoms with E-state index in [2.05, 4.69) is 98.8 Å². The molecule has 226 valence electrons. The first kappa shape index (κ1) is 31.1. The van der Waals surface area contributed by atoms with E-state index in [1.165, 1.54) is 81.3 Å². The van der Waals surface area contributed by atoms with Gasteiger partial charge in [0.05, 0.1) is 0 Å². The molecule has 44 heavy (non-hydrogen) atoms. The third-order valence-corrected chi connectivity index (χ3v) is 8.73. The Kier molecular flexibility index (Phi) is 10.9. The lowest BCUT2D eigenvalue weighted by atomic mass is 9.90. The summed E-state index contributed by atoms with van der Waals surface area (Å²) in [4.78, 5) is 0. The zero-order valence-electron chi connectivity index (χ0n) is 26.6. The maximum Gasteiger partial charge on any atom is 0.0314 e. The Morgan fingerprint density at radius 2 is 0.682 bits per heavy atom. The number of benzene rings is 5. The highest BCUT2D eigenvalue weighted by Crippen LogP contribution is 2.24. The third-order valence-electron chi connectivity index (χ3n) is 8.73. The van der Waals surface area contributed by atoms with Crippen LogP contribution in [0.5, 0.6) is 0 Å². The van der Waals surface area contributed by atoms with Crippen LogP contribution in [0.4, 0.5) is 11.4 Å². The first-order valence-electron chi connectivity index (χ1n) is 16.5. The minimum absolute atomic E-state index is 0.814. The molecule has 2 nitrogen and oxygen atoms in total. The third kappa shape index (κ3) is 8.86. The first-order valence-corrected chi connectivity index (χ1v) is 16.5. The van der Waals surface area contributed by atoms with Gasteiger partial charge in [-0.1, -0.05) is 112 Å². The Labute approximate surface area is 265 Å². The average Bonchev–Trinajstić information content (AvgIpc) is 3.04. The summed E-state index contributed by atoms with van der Waals surface area (Å²) in [5.74, 6) is 0. The minimum atomic E-state index is 0.814. The summed E-state index contributed by atoms with van der Waals surface area (Å²) < 4.78 is 0. The number of rotatable bonds is 14. The van der Waals surface area contributed by atoms with E-state index in [1.807, 2.05) is 24.3 Å². The molecule has 2 heteroatoms. The summed E-state index contributed by atoms with van der Waals surface area (Å²) in [5.41, 5.74) is 27.4. The molecule has 5 aromatic carbocycles. The van der Waals surface area contributed by atoms with Crippen molar-refractivity contribution in [3.05, 3.63) is 165 Å². The number of nitrogens with two attached hydrogens (primary N) is 2. The molecule has 0 bridgehead atoms. The second-order valence-electron chi connectivity index (χ2n) is 12.4. The molecule has 0 aliphatic heterocycles. The highest BCUT2D eigenvalue weighted by molar-refractivity contribution is 5.44. The molecule has 0 heterocycles. The van der Waals surface area contributed by atoms with E-state index in [4.69, 9.17) is 11.5 Å². The Balaban J connectivity index is 1.30. The lowest BCUT2D eigenvalue weighted by Crippen LogP contribution is -2.01. The van der Waals surface area contributed by atoms with Gasteiger partial charge in [0.15, 0.2) is 0 Å². The number of aryl methyl sites for hydroxylation is 2. The molecule has 4 N–H and O–H groups in total. The fourth-order valence-electron chi connectivity index (χ4n) is 6.08. The molecule has 0 atom stereocenters. The van der Waals surface area contributed by atoms with E-state index in [1.54, 1.807) is 0 Å². The second kappa shape index (κ2) is 15.4. The number of hydrogen-bond donors (Lipinski definition) is 2.